The van der Waals surface area contributed by atoms with Crippen molar-refractivity contribution < 1.29 is 9.18 Å². The highest BCUT2D eigenvalue weighted by Crippen LogP contribution is 2.28. The van der Waals surface area contributed by atoms with E-state index in [-0.39, 0.29) is 17.8 Å². The molecule has 1 aliphatic heterocycles. The molecule has 0 saturated carbocycles. The molecule has 1 unspecified atom stereocenters. The average Bonchev–Trinajstić information content (AvgIpc) is 2.20. The number of hydrogen-bond acceptors (Lipinski definition) is 2. The Kier molecular flexibility index (Phi) is 2.58. The van der Waals surface area contributed by atoms with E-state index < -0.39 is 0 Å². The fourth-order valence-corrected chi connectivity index (χ4v) is 1.71. The zero-order chi connectivity index (χ0) is 10.8. The largest absolute Gasteiger partial charge is 0.372 e. The summed E-state index contributed by atoms with van der Waals surface area (Å²) < 4.78 is 12.9. The van der Waals surface area contributed by atoms with Crippen LogP contribution in [-0.2, 0) is 4.79 Å². The average molecular weight is 208 g/mol. The van der Waals surface area contributed by atoms with Gasteiger partial charge in [0.25, 0.3) is 0 Å². The Morgan fingerprint density at radius 2 is 2.20 bits per heavy atom. The zero-order valence-corrected chi connectivity index (χ0v) is 8.51. The standard InChI is InChI=1S/C11H13FN2O/c1-2-3-9-11(15)14-10-6-7(12)4-5-8(10)13-9/h4-6,9,13H,2-3H2,1H3,(H,14,15). The van der Waals surface area contributed by atoms with Crippen LogP contribution in [0.2, 0.25) is 0 Å². The molecular weight excluding hydrogens is 195 g/mol. The van der Waals surface area contributed by atoms with Gasteiger partial charge in [-0.3, -0.25) is 4.79 Å². The number of fused-ring (bicyclic) bond motifs is 1. The van der Waals surface area contributed by atoms with Crippen LogP contribution in [0.1, 0.15) is 19.8 Å². The van der Waals surface area contributed by atoms with Gasteiger partial charge in [-0.15, -0.1) is 0 Å². The zero-order valence-electron chi connectivity index (χ0n) is 8.51. The quantitative estimate of drug-likeness (QED) is 0.783. The van der Waals surface area contributed by atoms with E-state index in [4.69, 9.17) is 0 Å². The lowest BCUT2D eigenvalue weighted by Gasteiger charge is -2.26. The highest BCUT2D eigenvalue weighted by molar-refractivity contribution is 6.02. The Bertz CT molecular complexity index is 392. The summed E-state index contributed by atoms with van der Waals surface area (Å²) in [5.41, 5.74) is 1.31. The molecule has 80 valence electrons. The SMILES string of the molecule is CCCC1Nc2ccc(F)cc2NC1=O. The predicted octanol–water partition coefficient (Wildman–Crippen LogP) is 2.36. The molecule has 2 N–H and O–H groups in total. The summed E-state index contributed by atoms with van der Waals surface area (Å²) in [5.74, 6) is -0.431. The molecule has 1 aromatic rings. The van der Waals surface area contributed by atoms with Gasteiger partial charge in [0.1, 0.15) is 11.9 Å². The summed E-state index contributed by atoms with van der Waals surface area (Å²) in [6, 6.07) is 4.15. The minimum atomic E-state index is -0.343. The van der Waals surface area contributed by atoms with E-state index in [9.17, 15) is 9.18 Å². The second-order valence-electron chi connectivity index (χ2n) is 3.66. The van der Waals surface area contributed by atoms with Gasteiger partial charge in [-0.2, -0.15) is 0 Å². The van der Waals surface area contributed by atoms with Crippen molar-refractivity contribution in [1.29, 1.82) is 0 Å². The smallest absolute Gasteiger partial charge is 0.246 e. The summed E-state index contributed by atoms with van der Waals surface area (Å²) in [6.45, 7) is 2.02. The van der Waals surface area contributed by atoms with Crippen LogP contribution in [0, 0.1) is 5.82 Å². The minimum Gasteiger partial charge on any atom is -0.372 e. The third kappa shape index (κ3) is 1.93. The summed E-state index contributed by atoms with van der Waals surface area (Å²) in [4.78, 5) is 11.6. The van der Waals surface area contributed by atoms with Crippen molar-refractivity contribution in [3.8, 4) is 0 Å². The van der Waals surface area contributed by atoms with Gasteiger partial charge in [0.05, 0.1) is 11.4 Å². The van der Waals surface area contributed by atoms with Crippen molar-refractivity contribution in [2.75, 3.05) is 10.6 Å². The predicted molar refractivity (Wildman–Crippen MR) is 57.3 cm³/mol. The van der Waals surface area contributed by atoms with Crippen LogP contribution in [0.25, 0.3) is 0 Å². The number of carbonyl (C=O) groups is 1. The maximum absolute atomic E-state index is 12.9. The van der Waals surface area contributed by atoms with Crippen molar-refractivity contribution in [3.63, 3.8) is 0 Å². The molecule has 0 bridgehead atoms. The summed E-state index contributed by atoms with van der Waals surface area (Å²) in [5, 5.41) is 5.79. The highest BCUT2D eigenvalue weighted by Gasteiger charge is 2.24. The molecular formula is C11H13FN2O. The molecule has 1 heterocycles. The van der Waals surface area contributed by atoms with E-state index in [0.29, 0.717) is 5.69 Å². The molecule has 1 amide bonds. The van der Waals surface area contributed by atoms with Crippen molar-refractivity contribution in [3.05, 3.63) is 24.0 Å². The third-order valence-corrected chi connectivity index (χ3v) is 2.46. The van der Waals surface area contributed by atoms with E-state index in [1.54, 1.807) is 6.07 Å². The number of carbonyl (C=O) groups excluding carboxylic acids is 1. The van der Waals surface area contributed by atoms with E-state index in [1.165, 1.54) is 12.1 Å². The normalized spacial score (nSPS) is 19.1. The van der Waals surface area contributed by atoms with Crippen LogP contribution >= 0.6 is 0 Å². The van der Waals surface area contributed by atoms with Gasteiger partial charge in [0, 0.05) is 0 Å². The molecule has 0 radical (unpaired) electrons. The molecule has 1 atom stereocenters. The first-order valence-corrected chi connectivity index (χ1v) is 5.07. The van der Waals surface area contributed by atoms with Gasteiger partial charge in [-0.25, -0.2) is 4.39 Å². The Morgan fingerprint density at radius 1 is 1.40 bits per heavy atom. The van der Waals surface area contributed by atoms with Gasteiger partial charge in [-0.1, -0.05) is 13.3 Å². The van der Waals surface area contributed by atoms with Gasteiger partial charge >= 0.3 is 0 Å². The first-order chi connectivity index (χ1) is 7.20. The van der Waals surface area contributed by atoms with Crippen molar-refractivity contribution in [2.24, 2.45) is 0 Å². The van der Waals surface area contributed by atoms with Crippen molar-refractivity contribution in [2.45, 2.75) is 25.8 Å². The monoisotopic (exact) mass is 208 g/mol. The fraction of sp³-hybridized carbons (Fsp3) is 0.364. The number of benzene rings is 1. The molecule has 1 aliphatic rings. The van der Waals surface area contributed by atoms with Crippen LogP contribution in [-0.4, -0.2) is 11.9 Å². The Balaban J connectivity index is 2.26. The minimum absolute atomic E-state index is 0.0880. The topological polar surface area (TPSA) is 41.1 Å². The first-order valence-electron chi connectivity index (χ1n) is 5.07. The third-order valence-electron chi connectivity index (χ3n) is 2.46. The van der Waals surface area contributed by atoms with Crippen molar-refractivity contribution >= 4 is 17.3 Å². The van der Waals surface area contributed by atoms with Gasteiger partial charge in [-0.05, 0) is 24.6 Å². The number of nitrogens with one attached hydrogen (secondary N) is 2. The van der Waals surface area contributed by atoms with E-state index >= 15 is 0 Å². The maximum atomic E-state index is 12.9. The summed E-state index contributed by atoms with van der Waals surface area (Å²) in [7, 11) is 0. The second-order valence-corrected chi connectivity index (χ2v) is 3.66. The summed E-state index contributed by atoms with van der Waals surface area (Å²) >= 11 is 0. The molecule has 1 aromatic carbocycles. The molecule has 0 aromatic heterocycles. The Labute approximate surface area is 87.7 Å². The van der Waals surface area contributed by atoms with E-state index in [2.05, 4.69) is 10.6 Å². The van der Waals surface area contributed by atoms with Crippen LogP contribution in [0.3, 0.4) is 0 Å². The fourth-order valence-electron chi connectivity index (χ4n) is 1.71. The number of amides is 1. The first kappa shape index (κ1) is 9.96. The van der Waals surface area contributed by atoms with E-state index in [1.807, 2.05) is 6.92 Å². The number of halogens is 1. The molecule has 0 saturated heterocycles. The van der Waals surface area contributed by atoms with Gasteiger partial charge in [0.2, 0.25) is 5.91 Å². The molecule has 4 heteroatoms. The molecule has 15 heavy (non-hydrogen) atoms. The highest BCUT2D eigenvalue weighted by atomic mass is 19.1. The molecule has 2 rings (SSSR count). The van der Waals surface area contributed by atoms with Crippen LogP contribution in [0.15, 0.2) is 18.2 Å². The number of rotatable bonds is 2. The molecule has 0 aliphatic carbocycles. The van der Waals surface area contributed by atoms with Gasteiger partial charge < -0.3 is 10.6 Å². The number of hydrogen-bond donors (Lipinski definition) is 2. The lowest BCUT2D eigenvalue weighted by molar-refractivity contribution is -0.117. The van der Waals surface area contributed by atoms with Crippen LogP contribution in [0.5, 0.6) is 0 Å². The summed E-state index contributed by atoms with van der Waals surface area (Å²) in [6.07, 6.45) is 1.71. The Hall–Kier alpha value is -1.58. The molecule has 0 spiro atoms. The van der Waals surface area contributed by atoms with Crippen LogP contribution in [0.4, 0.5) is 15.8 Å². The second kappa shape index (κ2) is 3.88. The van der Waals surface area contributed by atoms with Gasteiger partial charge in [0.15, 0.2) is 0 Å². The van der Waals surface area contributed by atoms with E-state index in [0.717, 1.165) is 18.5 Å². The molecule has 3 nitrogen and oxygen atoms in total. The maximum Gasteiger partial charge on any atom is 0.246 e. The Morgan fingerprint density at radius 3 is 2.93 bits per heavy atom. The number of anilines is 2. The molecule has 0 fully saturated rings. The lowest BCUT2D eigenvalue weighted by atomic mass is 10.1. The van der Waals surface area contributed by atoms with Crippen LogP contribution < -0.4 is 10.6 Å². The van der Waals surface area contributed by atoms with Crippen molar-refractivity contribution in [1.82, 2.24) is 0 Å². The lowest BCUT2D eigenvalue weighted by Crippen LogP contribution is -2.38.